The minimum Gasteiger partial charge on any atom is -0.465 e. The van der Waals surface area contributed by atoms with Gasteiger partial charge in [-0.15, -0.1) is 33.2 Å². The van der Waals surface area contributed by atoms with Crippen LogP contribution in [0.25, 0.3) is 0 Å². The fourth-order valence-electron chi connectivity index (χ4n) is 1.87. The van der Waals surface area contributed by atoms with E-state index < -0.39 is 6.00 Å². The van der Waals surface area contributed by atoms with Gasteiger partial charge in [0.2, 0.25) is 0 Å². The summed E-state index contributed by atoms with van der Waals surface area (Å²) in [5, 5.41) is 0.659. The van der Waals surface area contributed by atoms with Crippen molar-refractivity contribution in [3.05, 3.63) is 0 Å². The summed E-state index contributed by atoms with van der Waals surface area (Å²) in [7, 11) is 0. The zero-order valence-corrected chi connectivity index (χ0v) is 17.5. The maximum Gasteiger partial charge on any atom is 0.341 e. The van der Waals surface area contributed by atoms with E-state index in [-0.39, 0.29) is 11.9 Å². The molecule has 0 aromatic heterocycles. The van der Waals surface area contributed by atoms with Gasteiger partial charge in [0, 0.05) is 5.33 Å². The molecular weight excluding hydrogens is 415 g/mol. The first kappa shape index (κ1) is 22.0. The highest BCUT2D eigenvalue weighted by Crippen LogP contribution is 2.27. The van der Waals surface area contributed by atoms with Crippen LogP contribution in [-0.4, -0.2) is 23.9 Å². The first-order valence-electron chi connectivity index (χ1n) is 7.66. The molecule has 0 saturated heterocycles. The first-order valence-corrected chi connectivity index (χ1v) is 14.0. The Balaban J connectivity index is 3.21. The van der Waals surface area contributed by atoms with Crippen LogP contribution in [0.3, 0.4) is 0 Å². The van der Waals surface area contributed by atoms with Crippen molar-refractivity contribution in [1.82, 2.24) is 0 Å². The normalized spacial score (nSPS) is 13.2. The number of halogens is 4. The van der Waals surface area contributed by atoms with Crippen LogP contribution in [-0.2, 0) is 9.53 Å². The fourth-order valence-corrected chi connectivity index (χ4v) is 3.98. The molecule has 0 rings (SSSR count). The van der Waals surface area contributed by atoms with Gasteiger partial charge in [0.25, 0.3) is 0 Å². The molecule has 0 amide bonds. The Labute approximate surface area is 152 Å². The largest absolute Gasteiger partial charge is 0.465 e. The van der Waals surface area contributed by atoms with Crippen LogP contribution in [0.2, 0.25) is 6.04 Å². The molecule has 126 valence electrons. The Kier molecular flexibility index (Phi) is 14.1. The number of rotatable bonds is 13. The van der Waals surface area contributed by atoms with E-state index in [1.165, 1.54) is 25.7 Å². The number of carbonyl (C=O) groups is 1. The maximum absolute atomic E-state index is 11.4. The number of unbranched alkanes of at least 4 members (excludes halogenated alkanes) is 7. The van der Waals surface area contributed by atoms with E-state index in [1.54, 1.807) is 0 Å². The van der Waals surface area contributed by atoms with Gasteiger partial charge in [0.1, 0.15) is 0 Å². The van der Waals surface area contributed by atoms with Crippen LogP contribution >= 0.6 is 49.2 Å². The molecule has 0 aromatic rings. The zero-order chi connectivity index (χ0) is 16.1. The van der Waals surface area contributed by atoms with Gasteiger partial charge in [-0.25, -0.2) is 0 Å². The maximum atomic E-state index is 11.4. The Morgan fingerprint density at radius 3 is 1.95 bits per heavy atom. The molecule has 0 heterocycles. The average Bonchev–Trinajstić information content (AvgIpc) is 2.42. The van der Waals surface area contributed by atoms with Gasteiger partial charge in [-0.3, -0.25) is 4.79 Å². The minimum atomic E-state index is -2.40. The van der Waals surface area contributed by atoms with Crippen LogP contribution in [0.15, 0.2) is 0 Å². The van der Waals surface area contributed by atoms with Gasteiger partial charge >= 0.3 is 12.0 Å². The Hall–Kier alpha value is 1.04. The van der Waals surface area contributed by atoms with Gasteiger partial charge < -0.3 is 4.74 Å². The summed E-state index contributed by atoms with van der Waals surface area (Å²) >= 11 is 20.8. The molecule has 0 radical (unpaired) electrons. The lowest BCUT2D eigenvalue weighted by Crippen LogP contribution is -2.16. The number of hydrogen-bond donors (Lipinski definition) is 0. The summed E-state index contributed by atoms with van der Waals surface area (Å²) in [4.78, 5) is 11.4. The van der Waals surface area contributed by atoms with E-state index in [1.807, 2.05) is 6.92 Å². The molecule has 7 heteroatoms. The summed E-state index contributed by atoms with van der Waals surface area (Å²) in [5.41, 5.74) is 0. The monoisotopic (exact) mass is 438 g/mol. The smallest absolute Gasteiger partial charge is 0.341 e. The summed E-state index contributed by atoms with van der Waals surface area (Å²) in [6, 6.07) is -1.62. The molecule has 0 fully saturated rings. The third-order valence-corrected chi connectivity index (χ3v) is 6.83. The number of hydrogen-bond acceptors (Lipinski definition) is 2. The van der Waals surface area contributed by atoms with E-state index in [9.17, 15) is 4.79 Å². The highest BCUT2D eigenvalue weighted by Gasteiger charge is 2.23. The van der Waals surface area contributed by atoms with Gasteiger partial charge in [0.15, 0.2) is 0 Å². The van der Waals surface area contributed by atoms with Crippen molar-refractivity contribution in [3.63, 3.8) is 0 Å². The summed E-state index contributed by atoms with van der Waals surface area (Å²) < 4.78 is 5.18. The second-order valence-electron chi connectivity index (χ2n) is 5.42. The van der Waals surface area contributed by atoms with Gasteiger partial charge in [0.05, 0.1) is 12.5 Å². The topological polar surface area (TPSA) is 26.3 Å². The summed E-state index contributed by atoms with van der Waals surface area (Å²) in [5.74, 6) is -0.162. The van der Waals surface area contributed by atoms with Crippen LogP contribution in [0.4, 0.5) is 0 Å². The van der Waals surface area contributed by atoms with E-state index in [4.69, 9.17) is 38.0 Å². The number of alkyl halides is 1. The molecule has 0 spiro atoms. The molecule has 21 heavy (non-hydrogen) atoms. The molecular formula is C14H26BrCl3O2Si. The molecule has 1 unspecified atom stereocenters. The molecule has 0 saturated carbocycles. The van der Waals surface area contributed by atoms with Crippen molar-refractivity contribution in [2.24, 2.45) is 5.92 Å². The Bertz CT molecular complexity index is 275. The highest BCUT2D eigenvalue weighted by atomic mass is 79.9. The van der Waals surface area contributed by atoms with Gasteiger partial charge in [-0.1, -0.05) is 67.8 Å². The molecule has 0 aromatic carbocycles. The second kappa shape index (κ2) is 13.5. The third kappa shape index (κ3) is 15.7. The van der Waals surface area contributed by atoms with E-state index >= 15 is 0 Å². The lowest BCUT2D eigenvalue weighted by molar-refractivity contribution is -0.147. The Morgan fingerprint density at radius 2 is 1.48 bits per heavy atom. The lowest BCUT2D eigenvalue weighted by atomic mass is 10.1. The third-order valence-electron chi connectivity index (χ3n) is 3.23. The molecule has 1 atom stereocenters. The highest BCUT2D eigenvalue weighted by molar-refractivity contribution is 9.09. The van der Waals surface area contributed by atoms with Crippen molar-refractivity contribution in [2.75, 3.05) is 11.9 Å². The summed E-state index contributed by atoms with van der Waals surface area (Å²) in [6.45, 7) is 2.41. The van der Waals surface area contributed by atoms with Crippen molar-refractivity contribution in [3.8, 4) is 0 Å². The molecule has 0 aliphatic carbocycles. The van der Waals surface area contributed by atoms with E-state index in [0.717, 1.165) is 31.7 Å². The number of carbonyl (C=O) groups excluding carboxylic acids is 1. The van der Waals surface area contributed by atoms with Gasteiger partial charge in [-0.2, -0.15) is 0 Å². The zero-order valence-electron chi connectivity index (χ0n) is 12.7. The fraction of sp³-hybridized carbons (Fsp3) is 0.929. The molecule has 0 aliphatic rings. The number of esters is 1. The second-order valence-corrected chi connectivity index (χ2v) is 15.3. The molecule has 0 N–H and O–H groups in total. The van der Waals surface area contributed by atoms with Crippen molar-refractivity contribution >= 4 is 61.1 Å². The standard InChI is InChI=1S/C14H26BrCl3O2Si/c1-13(12-15)14(19)20-10-8-6-4-2-3-5-7-9-11-21(16,17)18/h13H,2-12H2,1H3. The van der Waals surface area contributed by atoms with Crippen molar-refractivity contribution < 1.29 is 9.53 Å². The van der Waals surface area contributed by atoms with Crippen LogP contribution in [0.5, 0.6) is 0 Å². The lowest BCUT2D eigenvalue weighted by Gasteiger charge is -2.08. The van der Waals surface area contributed by atoms with Crippen molar-refractivity contribution in [1.29, 1.82) is 0 Å². The minimum absolute atomic E-state index is 0.0549. The number of ether oxygens (including phenoxy) is 1. The van der Waals surface area contributed by atoms with Gasteiger partial charge in [-0.05, 0) is 12.5 Å². The SMILES string of the molecule is CC(CBr)C(=O)OCCCCCCCCCC[Si](Cl)(Cl)Cl. The predicted octanol–water partition coefficient (Wildman–Crippen LogP) is 6.34. The van der Waals surface area contributed by atoms with Crippen molar-refractivity contribution in [2.45, 2.75) is 64.3 Å². The Morgan fingerprint density at radius 1 is 1.00 bits per heavy atom. The van der Waals surface area contributed by atoms with Crippen LogP contribution in [0, 0.1) is 5.92 Å². The molecule has 0 bridgehead atoms. The van der Waals surface area contributed by atoms with Crippen LogP contribution in [0.1, 0.15) is 58.3 Å². The van der Waals surface area contributed by atoms with E-state index in [0.29, 0.717) is 11.9 Å². The average molecular weight is 441 g/mol. The quantitative estimate of drug-likeness (QED) is 0.110. The van der Waals surface area contributed by atoms with E-state index in [2.05, 4.69) is 15.9 Å². The first-order chi connectivity index (χ1) is 9.87. The molecule has 2 nitrogen and oxygen atoms in total. The molecule has 0 aliphatic heterocycles. The summed E-state index contributed by atoms with van der Waals surface area (Å²) in [6.07, 6.45) is 9.15. The van der Waals surface area contributed by atoms with Crippen LogP contribution < -0.4 is 0 Å². The predicted molar refractivity (Wildman–Crippen MR) is 99.0 cm³/mol.